The zero-order valence-corrected chi connectivity index (χ0v) is 12.2. The van der Waals surface area contributed by atoms with E-state index in [1.54, 1.807) is 27.7 Å². The maximum atomic E-state index is 8.58. The summed E-state index contributed by atoms with van der Waals surface area (Å²) >= 11 is 0. The molecule has 0 atom stereocenters. The van der Waals surface area contributed by atoms with Gasteiger partial charge in [0, 0.05) is 18.1 Å². The molecule has 0 aliphatic heterocycles. The minimum atomic E-state index is -0.839. The summed E-state index contributed by atoms with van der Waals surface area (Å²) in [4.78, 5) is 0. The number of nitrogens with zero attached hydrogens (tertiary/aromatic N) is 7. The van der Waals surface area contributed by atoms with E-state index in [0.717, 1.165) is 0 Å². The molecule has 104 valence electrons. The van der Waals surface area contributed by atoms with Gasteiger partial charge in [-0.15, -0.1) is 0 Å². The molecule has 0 aliphatic carbocycles. The molecule has 0 heterocycles. The maximum absolute atomic E-state index is 8.58. The molecule has 0 rings (SSSR count). The van der Waals surface area contributed by atoms with Crippen molar-refractivity contribution in [3.8, 4) is 18.2 Å². The van der Waals surface area contributed by atoms with Gasteiger partial charge in [0.15, 0.2) is 11.1 Å². The first-order valence-electron chi connectivity index (χ1n) is 5.46. The van der Waals surface area contributed by atoms with Gasteiger partial charge in [0.25, 0.3) is 0 Å². The molecule has 0 saturated heterocycles. The Kier molecular flexibility index (Phi) is 12.2. The van der Waals surface area contributed by atoms with Crippen LogP contribution >= 0.6 is 0 Å². The van der Waals surface area contributed by atoms with Crippen LogP contribution in [0.15, 0.2) is 10.2 Å². The molecule has 0 N–H and O–H groups in total. The van der Waals surface area contributed by atoms with Gasteiger partial charge in [-0.3, -0.25) is 0 Å². The molecule has 0 aliphatic rings. The highest BCUT2D eigenvalue weighted by Crippen LogP contribution is 2.13. The number of hydrogen-bond donors (Lipinski definition) is 0. The summed E-state index contributed by atoms with van der Waals surface area (Å²) in [6, 6.07) is 5.96. The van der Waals surface area contributed by atoms with Crippen LogP contribution in [-0.2, 0) is 0 Å². The Bertz CT molecular complexity index is 388. The third kappa shape index (κ3) is 18.1. The second kappa shape index (κ2) is 10.6. The van der Waals surface area contributed by atoms with E-state index >= 15 is 0 Å². The fraction of sp³-hybridized carbons (Fsp3) is 0.750. The number of nitriles is 3. The number of hydrogen-bond acceptors (Lipinski definition) is 7. The van der Waals surface area contributed by atoms with Crippen LogP contribution in [0, 0.1) is 50.7 Å². The molecule has 0 spiro atoms. The van der Waals surface area contributed by atoms with Crippen LogP contribution in [-0.4, -0.2) is 11.1 Å². The lowest BCUT2D eigenvalue weighted by molar-refractivity contribution is 0.541. The van der Waals surface area contributed by atoms with E-state index in [1.165, 1.54) is 0 Å². The zero-order valence-electron chi connectivity index (χ0n) is 12.2. The second-order valence-electron chi connectivity index (χ2n) is 4.83. The van der Waals surface area contributed by atoms with Gasteiger partial charge in [-0.1, -0.05) is 0 Å². The molecule has 7 heteroatoms. The maximum Gasteiger partial charge on any atom is 0.162 e. The summed E-state index contributed by atoms with van der Waals surface area (Å²) < 4.78 is 0. The summed E-state index contributed by atoms with van der Waals surface area (Å²) in [6.07, 6.45) is 0. The average molecular weight is 264 g/mol. The molecular weight excluding hydrogens is 242 g/mol. The number of rotatable bonds is 2. The predicted octanol–water partition coefficient (Wildman–Crippen LogP) is 3.49. The Balaban J connectivity index is -0.000000136. The van der Waals surface area contributed by atoms with Gasteiger partial charge in [-0.05, 0) is 41.5 Å². The normalized spacial score (nSPS) is 10.0. The van der Waals surface area contributed by atoms with E-state index in [2.05, 4.69) is 10.2 Å². The van der Waals surface area contributed by atoms with E-state index in [9.17, 15) is 0 Å². The van der Waals surface area contributed by atoms with Crippen molar-refractivity contribution in [1.82, 2.24) is 0 Å². The van der Waals surface area contributed by atoms with E-state index in [1.807, 2.05) is 32.1 Å². The molecule has 0 radical (unpaired) electrons. The molecular formula is C12H21N7. The van der Waals surface area contributed by atoms with Gasteiger partial charge >= 0.3 is 0 Å². The highest BCUT2D eigenvalue weighted by molar-refractivity contribution is 5.03. The molecule has 0 amide bonds. The summed E-state index contributed by atoms with van der Waals surface area (Å²) in [5.41, 5.74) is -1.68. The van der Waals surface area contributed by atoms with Crippen molar-refractivity contribution in [2.75, 3.05) is 0 Å². The van der Waals surface area contributed by atoms with Crippen molar-refractivity contribution in [3.63, 3.8) is 0 Å². The van der Waals surface area contributed by atoms with Crippen molar-refractivity contribution in [3.05, 3.63) is 0 Å². The highest BCUT2D eigenvalue weighted by Gasteiger charge is 2.19. The van der Waals surface area contributed by atoms with Gasteiger partial charge in [-0.25, -0.2) is 0 Å². The Morgan fingerprint density at radius 2 is 1.05 bits per heavy atom. The van der Waals surface area contributed by atoms with Crippen LogP contribution in [0.5, 0.6) is 0 Å². The Hall–Kier alpha value is -2.51. The largest absolute Gasteiger partial charge is 0.198 e. The van der Waals surface area contributed by atoms with Crippen molar-refractivity contribution in [1.29, 1.82) is 26.6 Å². The third-order valence-electron chi connectivity index (χ3n) is 1.36. The standard InChI is InChI=1S/C8H12N4.C4H7N.N2.H2/c1-7(2,5-9)11-12-8(3,4)6-10;1-4(2)3-5;1-2;/h1-4H3;4H,1-2H3;;1H/i;;;1+1. The Labute approximate surface area is 116 Å². The van der Waals surface area contributed by atoms with E-state index in [-0.39, 0.29) is 7.34 Å². The second-order valence-corrected chi connectivity index (χ2v) is 4.83. The minimum Gasteiger partial charge on any atom is -0.198 e. The Morgan fingerprint density at radius 3 is 1.16 bits per heavy atom. The first-order chi connectivity index (χ1) is 8.60. The van der Waals surface area contributed by atoms with Crippen LogP contribution in [0.3, 0.4) is 0 Å². The topological polar surface area (TPSA) is 144 Å². The smallest absolute Gasteiger partial charge is 0.162 e. The van der Waals surface area contributed by atoms with Gasteiger partial charge in [0.05, 0.1) is 18.2 Å². The summed E-state index contributed by atoms with van der Waals surface area (Å²) in [5.74, 6) is 0.190. The molecule has 7 nitrogen and oxygen atoms in total. The van der Waals surface area contributed by atoms with Gasteiger partial charge < -0.3 is 0 Å². The van der Waals surface area contributed by atoms with Gasteiger partial charge in [-0.2, -0.15) is 26.0 Å². The van der Waals surface area contributed by atoms with E-state index in [4.69, 9.17) is 26.6 Å². The van der Waals surface area contributed by atoms with E-state index in [0.29, 0.717) is 0 Å². The predicted molar refractivity (Wildman–Crippen MR) is 70.3 cm³/mol. The van der Waals surface area contributed by atoms with E-state index < -0.39 is 11.1 Å². The fourth-order valence-corrected chi connectivity index (χ4v) is 0.295. The summed E-state index contributed by atoms with van der Waals surface area (Å²) in [7, 11) is 0. The fourth-order valence-electron chi connectivity index (χ4n) is 0.295. The molecule has 19 heavy (non-hydrogen) atoms. The summed E-state index contributed by atoms with van der Waals surface area (Å²) in [5, 5.41) is 44.6. The Morgan fingerprint density at radius 1 is 0.842 bits per heavy atom. The van der Waals surface area contributed by atoms with Crippen LogP contribution < -0.4 is 0 Å². The van der Waals surface area contributed by atoms with Gasteiger partial charge in [0.2, 0.25) is 0 Å². The van der Waals surface area contributed by atoms with Crippen molar-refractivity contribution in [2.24, 2.45) is 16.1 Å². The molecule has 0 unspecified atom stereocenters. The summed E-state index contributed by atoms with van der Waals surface area (Å²) in [6.45, 7) is 10.3. The lowest BCUT2D eigenvalue weighted by Crippen LogP contribution is -2.17. The van der Waals surface area contributed by atoms with Gasteiger partial charge in [0.1, 0.15) is 0 Å². The molecule has 0 fully saturated rings. The van der Waals surface area contributed by atoms with Crippen molar-refractivity contribution >= 4 is 0 Å². The zero-order chi connectivity index (χ0) is 16.1. The molecule has 0 aromatic carbocycles. The first-order valence-corrected chi connectivity index (χ1v) is 5.46. The highest BCUT2D eigenvalue weighted by atomic mass is 15.2. The first kappa shape index (κ1) is 21.7. The lowest BCUT2D eigenvalue weighted by Gasteiger charge is -2.11. The van der Waals surface area contributed by atoms with Crippen molar-refractivity contribution in [2.45, 2.75) is 52.6 Å². The van der Waals surface area contributed by atoms with Crippen LogP contribution in [0.2, 0.25) is 0 Å². The van der Waals surface area contributed by atoms with Crippen LogP contribution in [0.1, 0.15) is 43.0 Å². The molecule has 0 aromatic heterocycles. The van der Waals surface area contributed by atoms with Crippen LogP contribution in [0.4, 0.5) is 0 Å². The molecule has 0 saturated carbocycles. The molecule has 0 bridgehead atoms. The quantitative estimate of drug-likeness (QED) is 0.553. The van der Waals surface area contributed by atoms with Crippen LogP contribution in [0.25, 0.3) is 0 Å². The number of azo groups is 1. The lowest BCUT2D eigenvalue weighted by atomic mass is 10.1. The average Bonchev–Trinajstić information content (AvgIpc) is 2.40. The third-order valence-corrected chi connectivity index (χ3v) is 1.36. The SMILES string of the molecule is CC(C)(C#N)N=NC(C)(C)C#N.CC(C)C#N.N#N.[2HH]. The monoisotopic (exact) mass is 264 g/mol. The molecule has 0 aromatic rings. The van der Waals surface area contributed by atoms with Crippen molar-refractivity contribution < 1.29 is 1.43 Å². The minimum absolute atomic E-state index is 0.